The van der Waals surface area contributed by atoms with Crippen LogP contribution >= 0.6 is 0 Å². The molecule has 3 aromatic carbocycles. The highest BCUT2D eigenvalue weighted by Gasteiger charge is 2.16. The van der Waals surface area contributed by atoms with Crippen molar-refractivity contribution in [3.05, 3.63) is 72.8 Å². The van der Waals surface area contributed by atoms with Gasteiger partial charge in [-0.05, 0) is 23.6 Å². The highest BCUT2D eigenvalue weighted by molar-refractivity contribution is 7.81. The summed E-state index contributed by atoms with van der Waals surface area (Å²) in [6, 6.07) is 22.8. The van der Waals surface area contributed by atoms with Gasteiger partial charge in [0.15, 0.2) is 0 Å². The Morgan fingerprint density at radius 2 is 1.45 bits per heavy atom. The quantitative estimate of drug-likeness (QED) is 0.735. The molecule has 0 spiro atoms. The van der Waals surface area contributed by atoms with Crippen LogP contribution < -0.4 is 4.31 Å². The van der Waals surface area contributed by atoms with Crippen molar-refractivity contribution in [3.63, 3.8) is 0 Å². The van der Waals surface area contributed by atoms with E-state index in [1.807, 2.05) is 72.8 Å². The van der Waals surface area contributed by atoms with Crippen LogP contribution in [0.1, 0.15) is 0 Å². The van der Waals surface area contributed by atoms with Crippen molar-refractivity contribution in [2.75, 3.05) is 4.31 Å². The van der Waals surface area contributed by atoms with E-state index in [2.05, 4.69) is 0 Å². The molecule has 0 aliphatic heterocycles. The molecule has 0 radical (unpaired) electrons. The Balaban J connectivity index is 2.23. The molecule has 4 heteroatoms. The van der Waals surface area contributed by atoms with Crippen LogP contribution in [0.2, 0.25) is 0 Å². The van der Waals surface area contributed by atoms with Crippen molar-refractivity contribution in [2.24, 2.45) is 0 Å². The van der Waals surface area contributed by atoms with Crippen LogP contribution in [0.15, 0.2) is 72.8 Å². The molecule has 0 bridgehead atoms. The maximum absolute atomic E-state index is 11.8. The molecule has 100 valence electrons. The van der Waals surface area contributed by atoms with E-state index in [1.165, 1.54) is 4.31 Å². The summed E-state index contributed by atoms with van der Waals surface area (Å²) in [6.45, 7) is 0. The summed E-state index contributed by atoms with van der Waals surface area (Å²) in [4.78, 5) is 0. The van der Waals surface area contributed by atoms with Gasteiger partial charge in [-0.15, -0.1) is 0 Å². The van der Waals surface area contributed by atoms with Gasteiger partial charge in [-0.1, -0.05) is 54.6 Å². The fourth-order valence-electron chi connectivity index (χ4n) is 2.26. The molecule has 0 aromatic heterocycles. The predicted octanol–water partition coefficient (Wildman–Crippen LogP) is 4.11. The molecular weight excluding hydrogens is 270 g/mol. The number of fused-ring (bicyclic) bond motifs is 1. The Labute approximate surface area is 119 Å². The minimum absolute atomic E-state index is 0.685. The Morgan fingerprint density at radius 1 is 0.800 bits per heavy atom. The van der Waals surface area contributed by atoms with Gasteiger partial charge in [0.05, 0.1) is 11.4 Å². The van der Waals surface area contributed by atoms with Gasteiger partial charge in [-0.25, -0.2) is 8.51 Å². The summed E-state index contributed by atoms with van der Waals surface area (Å²) in [5.74, 6) is 0. The van der Waals surface area contributed by atoms with Crippen molar-refractivity contribution < 1.29 is 8.76 Å². The first-order valence-electron chi connectivity index (χ1n) is 6.21. The zero-order chi connectivity index (χ0) is 13.9. The standard InChI is InChI=1S/C16H13NO2S/c18-20(19)17(14-9-2-1-3-10-14)16-12-6-8-13-7-4-5-11-15(13)16/h1-12H,(H,18,19). The first-order chi connectivity index (χ1) is 9.77. The Kier molecular flexibility index (Phi) is 3.50. The fraction of sp³-hybridized carbons (Fsp3) is 0. The maximum atomic E-state index is 11.8. The topological polar surface area (TPSA) is 40.5 Å². The van der Waals surface area contributed by atoms with Crippen molar-refractivity contribution in [2.45, 2.75) is 0 Å². The van der Waals surface area contributed by atoms with Crippen molar-refractivity contribution in [1.29, 1.82) is 0 Å². The monoisotopic (exact) mass is 283 g/mol. The predicted molar refractivity (Wildman–Crippen MR) is 83.3 cm³/mol. The van der Waals surface area contributed by atoms with Crippen LogP contribution in [0.5, 0.6) is 0 Å². The van der Waals surface area contributed by atoms with Gasteiger partial charge >= 0.3 is 0 Å². The lowest BCUT2D eigenvalue weighted by atomic mass is 10.1. The number of rotatable bonds is 3. The van der Waals surface area contributed by atoms with Crippen molar-refractivity contribution in [3.8, 4) is 0 Å². The first kappa shape index (κ1) is 12.8. The summed E-state index contributed by atoms with van der Waals surface area (Å²) >= 11 is -2.13. The molecular formula is C16H13NO2S. The second-order valence-corrected chi connectivity index (χ2v) is 5.19. The molecule has 0 amide bonds. The largest absolute Gasteiger partial charge is 0.289 e. The SMILES string of the molecule is O=S(O)N(c1ccccc1)c1cccc2ccccc12. The van der Waals surface area contributed by atoms with Gasteiger partial charge in [-0.3, -0.25) is 4.55 Å². The second-order valence-electron chi connectivity index (χ2n) is 4.36. The number of anilines is 2. The number of hydrogen-bond acceptors (Lipinski definition) is 1. The lowest BCUT2D eigenvalue weighted by Gasteiger charge is -2.21. The molecule has 3 aromatic rings. The molecule has 0 fully saturated rings. The molecule has 0 heterocycles. The fourth-order valence-corrected chi connectivity index (χ4v) is 2.89. The van der Waals surface area contributed by atoms with E-state index in [1.54, 1.807) is 0 Å². The van der Waals surface area contributed by atoms with Crippen molar-refractivity contribution in [1.82, 2.24) is 0 Å². The second kappa shape index (κ2) is 5.45. The number of benzene rings is 3. The van der Waals surface area contributed by atoms with Gasteiger partial charge < -0.3 is 0 Å². The summed E-state index contributed by atoms with van der Waals surface area (Å²) in [7, 11) is 0. The molecule has 0 saturated heterocycles. The third kappa shape index (κ3) is 2.31. The third-order valence-electron chi connectivity index (χ3n) is 3.13. The summed E-state index contributed by atoms with van der Waals surface area (Å²) in [5.41, 5.74) is 1.40. The van der Waals surface area contributed by atoms with Crippen LogP contribution in [-0.2, 0) is 11.3 Å². The van der Waals surface area contributed by atoms with Gasteiger partial charge in [0, 0.05) is 5.39 Å². The molecule has 1 unspecified atom stereocenters. The van der Waals surface area contributed by atoms with E-state index in [9.17, 15) is 8.76 Å². The van der Waals surface area contributed by atoms with E-state index in [0.29, 0.717) is 5.69 Å². The minimum atomic E-state index is -2.13. The van der Waals surface area contributed by atoms with E-state index < -0.39 is 11.3 Å². The molecule has 3 nitrogen and oxygen atoms in total. The smallest absolute Gasteiger partial charge is 0.266 e. The Morgan fingerprint density at radius 3 is 2.20 bits per heavy atom. The number of nitrogens with zero attached hydrogens (tertiary/aromatic N) is 1. The van der Waals surface area contributed by atoms with E-state index >= 15 is 0 Å². The maximum Gasteiger partial charge on any atom is 0.266 e. The summed E-state index contributed by atoms with van der Waals surface area (Å²) < 4.78 is 22.9. The van der Waals surface area contributed by atoms with E-state index in [0.717, 1.165) is 16.5 Å². The molecule has 0 saturated carbocycles. The zero-order valence-electron chi connectivity index (χ0n) is 10.6. The Bertz CT molecular complexity index is 753. The number of hydrogen-bond donors (Lipinski definition) is 1. The average Bonchev–Trinajstić information content (AvgIpc) is 2.48. The lowest BCUT2D eigenvalue weighted by molar-refractivity contribution is 0.564. The van der Waals surface area contributed by atoms with Crippen LogP contribution in [0, 0.1) is 0 Å². The van der Waals surface area contributed by atoms with Crippen LogP contribution in [0.25, 0.3) is 10.8 Å². The minimum Gasteiger partial charge on any atom is -0.289 e. The molecule has 0 aliphatic carbocycles. The number of para-hydroxylation sites is 1. The molecule has 3 rings (SSSR count). The summed E-state index contributed by atoms with van der Waals surface area (Å²) in [5, 5.41) is 1.98. The summed E-state index contributed by atoms with van der Waals surface area (Å²) in [6.07, 6.45) is 0. The Hall–Kier alpha value is -2.17. The highest BCUT2D eigenvalue weighted by Crippen LogP contribution is 2.32. The molecule has 20 heavy (non-hydrogen) atoms. The highest BCUT2D eigenvalue weighted by atomic mass is 32.2. The normalized spacial score (nSPS) is 12.2. The molecule has 1 atom stereocenters. The third-order valence-corrected chi connectivity index (χ3v) is 3.85. The first-order valence-corrected chi connectivity index (χ1v) is 7.27. The van der Waals surface area contributed by atoms with Crippen LogP contribution in [-0.4, -0.2) is 8.76 Å². The van der Waals surface area contributed by atoms with E-state index in [4.69, 9.17) is 0 Å². The lowest BCUT2D eigenvalue weighted by Crippen LogP contribution is -2.19. The molecule has 1 N–H and O–H groups in total. The van der Waals surface area contributed by atoms with Gasteiger partial charge in [0.1, 0.15) is 0 Å². The van der Waals surface area contributed by atoms with E-state index in [-0.39, 0.29) is 0 Å². The zero-order valence-corrected chi connectivity index (χ0v) is 11.5. The van der Waals surface area contributed by atoms with Crippen molar-refractivity contribution >= 4 is 33.4 Å². The van der Waals surface area contributed by atoms with Gasteiger partial charge in [-0.2, -0.15) is 0 Å². The van der Waals surface area contributed by atoms with Crippen LogP contribution in [0.4, 0.5) is 11.4 Å². The van der Waals surface area contributed by atoms with Crippen LogP contribution in [0.3, 0.4) is 0 Å². The molecule has 0 aliphatic rings. The van der Waals surface area contributed by atoms with Gasteiger partial charge in [0.25, 0.3) is 11.3 Å². The average molecular weight is 283 g/mol. The van der Waals surface area contributed by atoms with Gasteiger partial charge in [0.2, 0.25) is 0 Å².